The summed E-state index contributed by atoms with van der Waals surface area (Å²) in [5.74, 6) is 3.62. The number of aromatic nitrogens is 1. The summed E-state index contributed by atoms with van der Waals surface area (Å²) in [4.78, 5) is 0. The lowest BCUT2D eigenvalue weighted by atomic mass is 9.34. The lowest BCUT2D eigenvalue weighted by Crippen LogP contribution is -2.57. The fraction of sp³-hybridized carbons (Fsp3) is 0.233. The zero-order chi connectivity index (χ0) is 32.8. The molecule has 2 aliphatic heterocycles. The molecule has 8 rings (SSSR count). The fourth-order valence-corrected chi connectivity index (χ4v) is 7.30. The largest absolute Gasteiger partial charge is 0.458 e. The van der Waals surface area contributed by atoms with Gasteiger partial charge in [0.05, 0.1) is 0 Å². The molecule has 0 N–H and O–H groups in total. The Balaban J connectivity index is 1.29. The molecule has 0 radical (unpaired) electrons. The molecule has 0 unspecified atom stereocenters. The molecule has 0 atom stereocenters. The van der Waals surface area contributed by atoms with Crippen LogP contribution in [0.2, 0.25) is 0 Å². The smallest absolute Gasteiger partial charge is 0.260 e. The SMILES string of the molecule is Cc1ccccc1-c1ccc(-c2ccc3c4c5c(cc3c2)Oc2ccc(C(C)(C)C)cc2B5c2cc(C(C)(C)C)ccc2O4)c[n+]1C. The second kappa shape index (κ2) is 10.3. The van der Waals surface area contributed by atoms with E-state index in [-0.39, 0.29) is 17.5 Å². The first kappa shape index (κ1) is 29.6. The predicted octanol–water partition coefficient (Wildman–Crippen LogP) is 8.63. The molecular weight excluding hydrogens is 573 g/mol. The predicted molar refractivity (Wildman–Crippen MR) is 196 cm³/mol. The van der Waals surface area contributed by atoms with E-state index in [1.54, 1.807) is 0 Å². The van der Waals surface area contributed by atoms with Crippen molar-refractivity contribution in [2.24, 2.45) is 7.05 Å². The summed E-state index contributed by atoms with van der Waals surface area (Å²) < 4.78 is 15.9. The minimum atomic E-state index is 0.0218. The number of hydrogen-bond acceptors (Lipinski definition) is 2. The normalized spacial score (nSPS) is 13.4. The molecule has 6 aromatic rings. The van der Waals surface area contributed by atoms with Crippen molar-refractivity contribution in [3.63, 3.8) is 0 Å². The van der Waals surface area contributed by atoms with Crippen molar-refractivity contribution in [1.29, 1.82) is 0 Å². The average Bonchev–Trinajstić information content (AvgIpc) is 3.03. The number of ether oxygens (including phenoxy) is 2. The van der Waals surface area contributed by atoms with E-state index >= 15 is 0 Å². The highest BCUT2D eigenvalue weighted by Crippen LogP contribution is 2.42. The quantitative estimate of drug-likeness (QED) is 0.144. The van der Waals surface area contributed by atoms with E-state index in [9.17, 15) is 0 Å². The molecular formula is C43H41BNO2+. The first-order valence-electron chi connectivity index (χ1n) is 16.7. The van der Waals surface area contributed by atoms with E-state index in [1.807, 2.05) is 0 Å². The second-order valence-electron chi connectivity index (χ2n) is 15.4. The summed E-state index contributed by atoms with van der Waals surface area (Å²) in [6, 6.07) is 35.4. The zero-order valence-electron chi connectivity index (χ0n) is 28.7. The van der Waals surface area contributed by atoms with Gasteiger partial charge in [0.1, 0.15) is 30.0 Å². The Morgan fingerprint density at radius 3 is 1.89 bits per heavy atom. The minimum Gasteiger partial charge on any atom is -0.458 e. The lowest BCUT2D eigenvalue weighted by Gasteiger charge is -2.35. The van der Waals surface area contributed by atoms with Crippen LogP contribution in [0.5, 0.6) is 23.0 Å². The van der Waals surface area contributed by atoms with Gasteiger partial charge in [0.15, 0.2) is 6.20 Å². The Labute approximate surface area is 278 Å². The van der Waals surface area contributed by atoms with Crippen LogP contribution >= 0.6 is 0 Å². The highest BCUT2D eigenvalue weighted by molar-refractivity contribution is 6.98. The van der Waals surface area contributed by atoms with Crippen molar-refractivity contribution >= 4 is 33.9 Å². The van der Waals surface area contributed by atoms with Crippen LogP contribution in [0.15, 0.2) is 103 Å². The molecule has 1 aromatic heterocycles. The summed E-state index contributed by atoms with van der Waals surface area (Å²) in [5, 5.41) is 2.20. The van der Waals surface area contributed by atoms with Crippen molar-refractivity contribution in [3.05, 3.63) is 120 Å². The standard InChI is InChI=1S/C43H41BNO2/c1-26-11-9-10-12-32(26)36-18-14-28(25-45(36)8)27-13-17-33-29(21-27)22-39-40-41(33)47-38-20-16-31(43(5,6)7)24-35(38)44(40)34-23-30(42(2,3)4)15-19-37(34)46-39/h9-25H,1-8H3/q+1. The van der Waals surface area contributed by atoms with E-state index in [4.69, 9.17) is 9.47 Å². The molecule has 3 heterocycles. The van der Waals surface area contributed by atoms with Gasteiger partial charge in [-0.15, -0.1) is 0 Å². The van der Waals surface area contributed by atoms with Gasteiger partial charge in [-0.05, 0) is 92.7 Å². The maximum Gasteiger partial charge on any atom is 0.260 e. The fourth-order valence-electron chi connectivity index (χ4n) is 7.30. The molecule has 0 amide bonds. The maximum atomic E-state index is 6.87. The molecule has 232 valence electrons. The average molecular weight is 615 g/mol. The Kier molecular flexibility index (Phi) is 6.50. The van der Waals surface area contributed by atoms with E-state index in [0.717, 1.165) is 50.4 Å². The minimum absolute atomic E-state index is 0.0218. The van der Waals surface area contributed by atoms with Gasteiger partial charge in [-0.3, -0.25) is 0 Å². The highest BCUT2D eigenvalue weighted by atomic mass is 16.5. The van der Waals surface area contributed by atoms with Crippen molar-refractivity contribution in [1.82, 2.24) is 0 Å². The molecule has 0 bridgehead atoms. The van der Waals surface area contributed by atoms with Gasteiger partial charge in [-0.2, -0.15) is 0 Å². The van der Waals surface area contributed by atoms with Crippen molar-refractivity contribution in [3.8, 4) is 45.4 Å². The monoisotopic (exact) mass is 614 g/mol. The number of pyridine rings is 1. The molecule has 4 heteroatoms. The number of hydrogen-bond donors (Lipinski definition) is 0. The Morgan fingerprint density at radius 1 is 0.617 bits per heavy atom. The van der Waals surface area contributed by atoms with Crippen LogP contribution in [-0.4, -0.2) is 6.71 Å². The van der Waals surface area contributed by atoms with Gasteiger partial charge >= 0.3 is 0 Å². The Bertz CT molecular complexity index is 2230. The van der Waals surface area contributed by atoms with Crippen LogP contribution in [-0.2, 0) is 17.9 Å². The molecule has 0 saturated heterocycles. The zero-order valence-corrected chi connectivity index (χ0v) is 28.7. The second-order valence-corrected chi connectivity index (χ2v) is 15.4. The number of fused-ring (bicyclic) bond motifs is 6. The molecule has 0 aliphatic carbocycles. The number of aryl methyl sites for hydroxylation is 2. The van der Waals surface area contributed by atoms with Crippen molar-refractivity contribution < 1.29 is 14.0 Å². The summed E-state index contributed by atoms with van der Waals surface area (Å²) in [7, 11) is 2.12. The summed E-state index contributed by atoms with van der Waals surface area (Å²) >= 11 is 0. The number of benzene rings is 5. The van der Waals surface area contributed by atoms with Gasteiger partial charge in [-0.25, -0.2) is 4.57 Å². The molecule has 0 saturated carbocycles. The molecule has 2 aliphatic rings. The third-order valence-electron chi connectivity index (χ3n) is 10.1. The molecule has 0 fully saturated rings. The molecule has 0 spiro atoms. The summed E-state index contributed by atoms with van der Waals surface area (Å²) in [5.41, 5.74) is 12.2. The highest BCUT2D eigenvalue weighted by Gasteiger charge is 2.42. The van der Waals surface area contributed by atoms with E-state index < -0.39 is 0 Å². The maximum absolute atomic E-state index is 6.87. The molecule has 3 nitrogen and oxygen atoms in total. The van der Waals surface area contributed by atoms with Crippen LogP contribution in [0, 0.1) is 6.92 Å². The van der Waals surface area contributed by atoms with Crippen LogP contribution in [0.3, 0.4) is 0 Å². The third-order valence-corrected chi connectivity index (χ3v) is 10.1. The van der Waals surface area contributed by atoms with Gasteiger partial charge in [0.2, 0.25) is 5.69 Å². The topological polar surface area (TPSA) is 22.3 Å². The van der Waals surface area contributed by atoms with Crippen molar-refractivity contribution in [2.45, 2.75) is 59.3 Å². The number of nitrogens with zero attached hydrogens (tertiary/aromatic N) is 1. The Hall–Kier alpha value is -4.83. The first-order valence-corrected chi connectivity index (χ1v) is 16.7. The number of rotatable bonds is 2. The Morgan fingerprint density at radius 2 is 1.26 bits per heavy atom. The van der Waals surface area contributed by atoms with Crippen LogP contribution in [0.4, 0.5) is 0 Å². The molecule has 47 heavy (non-hydrogen) atoms. The van der Waals surface area contributed by atoms with E-state index in [1.165, 1.54) is 38.9 Å². The first-order chi connectivity index (χ1) is 22.4. The lowest BCUT2D eigenvalue weighted by molar-refractivity contribution is -0.659. The van der Waals surface area contributed by atoms with E-state index in [0.29, 0.717) is 0 Å². The van der Waals surface area contributed by atoms with Gasteiger partial charge < -0.3 is 9.47 Å². The van der Waals surface area contributed by atoms with E-state index in [2.05, 4.69) is 163 Å². The summed E-state index contributed by atoms with van der Waals surface area (Å²) in [6.07, 6.45) is 2.22. The summed E-state index contributed by atoms with van der Waals surface area (Å²) in [6.45, 7) is 15.8. The van der Waals surface area contributed by atoms with Crippen LogP contribution in [0.1, 0.15) is 58.2 Å². The van der Waals surface area contributed by atoms with Crippen LogP contribution in [0.25, 0.3) is 33.2 Å². The van der Waals surface area contributed by atoms with Crippen molar-refractivity contribution in [2.75, 3.05) is 0 Å². The van der Waals surface area contributed by atoms with Gasteiger partial charge in [-0.1, -0.05) is 96.1 Å². The third kappa shape index (κ3) is 4.85. The molecule has 5 aromatic carbocycles. The van der Waals surface area contributed by atoms with Crippen LogP contribution < -0.4 is 30.4 Å². The van der Waals surface area contributed by atoms with Gasteiger partial charge in [0, 0.05) is 28.0 Å². The van der Waals surface area contributed by atoms with Gasteiger partial charge in [0.25, 0.3) is 6.71 Å².